The number of anilines is 2. The molecule has 0 aliphatic carbocycles. The maximum Gasteiger partial charge on any atom is 0.163 e. The summed E-state index contributed by atoms with van der Waals surface area (Å²) in [5.41, 5.74) is 2.33. The van der Waals surface area contributed by atoms with Crippen LogP contribution < -0.4 is 14.8 Å². The second-order valence-corrected chi connectivity index (χ2v) is 6.15. The largest absolute Gasteiger partial charge is 0.488 e. The van der Waals surface area contributed by atoms with Gasteiger partial charge in [0.25, 0.3) is 0 Å². The Labute approximate surface area is 168 Å². The van der Waals surface area contributed by atoms with Crippen LogP contribution in [0.1, 0.15) is 5.56 Å². The van der Waals surface area contributed by atoms with Crippen LogP contribution in [0.15, 0.2) is 42.7 Å². The van der Waals surface area contributed by atoms with E-state index >= 15 is 0 Å². The van der Waals surface area contributed by atoms with Gasteiger partial charge in [0.2, 0.25) is 0 Å². The van der Waals surface area contributed by atoms with Crippen LogP contribution in [0.25, 0.3) is 10.9 Å². The Morgan fingerprint density at radius 2 is 1.89 bits per heavy atom. The van der Waals surface area contributed by atoms with E-state index in [9.17, 15) is 0 Å². The topological polar surface area (TPSA) is 65.5 Å². The van der Waals surface area contributed by atoms with Gasteiger partial charge in [0.1, 0.15) is 25.4 Å². The molecule has 0 atom stereocenters. The SMILES string of the molecule is C#Cc1cccc(Nc2ncnc3cc(OCCOC)c(OCCCl)cc23)c1. The first-order valence-electron chi connectivity index (χ1n) is 8.68. The number of hydrogen-bond donors (Lipinski definition) is 1. The zero-order valence-corrected chi connectivity index (χ0v) is 16.2. The van der Waals surface area contributed by atoms with Crippen molar-refractivity contribution >= 4 is 34.0 Å². The number of nitrogens with one attached hydrogen (secondary N) is 1. The number of terminal acetylenes is 1. The molecule has 3 aromatic rings. The highest BCUT2D eigenvalue weighted by molar-refractivity contribution is 6.18. The number of fused-ring (bicyclic) bond motifs is 1. The lowest BCUT2D eigenvalue weighted by molar-refractivity contribution is 0.143. The fourth-order valence-corrected chi connectivity index (χ4v) is 2.67. The van der Waals surface area contributed by atoms with Gasteiger partial charge in [-0.05, 0) is 24.3 Å². The third kappa shape index (κ3) is 4.83. The molecule has 0 aliphatic rings. The van der Waals surface area contributed by atoms with E-state index in [0.717, 1.165) is 22.2 Å². The van der Waals surface area contributed by atoms with Gasteiger partial charge in [-0.15, -0.1) is 18.0 Å². The molecule has 0 aliphatic heterocycles. The van der Waals surface area contributed by atoms with Crippen molar-refractivity contribution in [3.63, 3.8) is 0 Å². The number of rotatable bonds is 9. The maximum absolute atomic E-state index is 5.78. The zero-order chi connectivity index (χ0) is 19.8. The molecule has 0 spiro atoms. The quantitative estimate of drug-likeness (QED) is 0.334. The van der Waals surface area contributed by atoms with Gasteiger partial charge >= 0.3 is 0 Å². The standard InChI is InChI=1S/C21H20ClN3O3/c1-3-15-5-4-6-16(11-15)25-21-17-12-19(27-8-7-22)20(28-10-9-26-2)13-18(17)23-14-24-21/h1,4-6,11-14H,7-10H2,2H3,(H,23,24,25). The molecule has 0 fully saturated rings. The van der Waals surface area contributed by atoms with Gasteiger partial charge in [-0.25, -0.2) is 9.97 Å². The first-order valence-corrected chi connectivity index (χ1v) is 9.21. The van der Waals surface area contributed by atoms with Crippen molar-refractivity contribution < 1.29 is 14.2 Å². The number of ether oxygens (including phenoxy) is 3. The number of nitrogens with zero attached hydrogens (tertiary/aromatic N) is 2. The van der Waals surface area contributed by atoms with Crippen molar-refractivity contribution in [2.45, 2.75) is 0 Å². The van der Waals surface area contributed by atoms with E-state index in [0.29, 0.717) is 43.0 Å². The Hall–Kier alpha value is -3.01. The number of methoxy groups -OCH3 is 1. The monoisotopic (exact) mass is 397 g/mol. The lowest BCUT2D eigenvalue weighted by atomic mass is 10.2. The molecule has 2 aromatic carbocycles. The highest BCUT2D eigenvalue weighted by atomic mass is 35.5. The minimum atomic E-state index is 0.356. The number of benzene rings is 2. The summed E-state index contributed by atoms with van der Waals surface area (Å²) in [5.74, 6) is 4.77. The van der Waals surface area contributed by atoms with E-state index < -0.39 is 0 Å². The fraction of sp³-hybridized carbons (Fsp3) is 0.238. The minimum Gasteiger partial charge on any atom is -0.488 e. The summed E-state index contributed by atoms with van der Waals surface area (Å²) >= 11 is 5.78. The van der Waals surface area contributed by atoms with Gasteiger partial charge in [0.05, 0.1) is 18.0 Å². The van der Waals surface area contributed by atoms with Gasteiger partial charge in [0, 0.05) is 29.8 Å². The molecule has 6 nitrogen and oxygen atoms in total. The van der Waals surface area contributed by atoms with Crippen LogP contribution in [0.4, 0.5) is 11.5 Å². The Morgan fingerprint density at radius 3 is 2.68 bits per heavy atom. The molecular weight excluding hydrogens is 378 g/mol. The second kappa shape index (κ2) is 9.79. The molecule has 0 radical (unpaired) electrons. The maximum atomic E-state index is 5.78. The smallest absolute Gasteiger partial charge is 0.163 e. The van der Waals surface area contributed by atoms with E-state index in [4.69, 9.17) is 32.2 Å². The van der Waals surface area contributed by atoms with E-state index in [1.54, 1.807) is 7.11 Å². The van der Waals surface area contributed by atoms with Gasteiger partial charge in [-0.1, -0.05) is 12.0 Å². The normalized spacial score (nSPS) is 10.5. The summed E-state index contributed by atoms with van der Waals surface area (Å²) in [7, 11) is 1.62. The van der Waals surface area contributed by atoms with Crippen LogP contribution in [0.2, 0.25) is 0 Å². The Bertz CT molecular complexity index is 988. The fourth-order valence-electron chi connectivity index (χ4n) is 2.60. The third-order valence-electron chi connectivity index (χ3n) is 3.87. The molecule has 1 N–H and O–H groups in total. The first kappa shape index (κ1) is 19.7. The molecule has 0 amide bonds. The minimum absolute atomic E-state index is 0.356. The van der Waals surface area contributed by atoms with Crippen LogP contribution in [0.5, 0.6) is 11.5 Å². The van der Waals surface area contributed by atoms with E-state index in [1.807, 2.05) is 36.4 Å². The van der Waals surface area contributed by atoms with E-state index in [2.05, 4.69) is 21.2 Å². The van der Waals surface area contributed by atoms with Crippen molar-refractivity contribution in [3.05, 3.63) is 48.3 Å². The molecule has 0 bridgehead atoms. The van der Waals surface area contributed by atoms with Crippen LogP contribution in [-0.2, 0) is 4.74 Å². The van der Waals surface area contributed by atoms with Crippen LogP contribution >= 0.6 is 11.6 Å². The number of halogens is 1. The molecule has 0 saturated carbocycles. The van der Waals surface area contributed by atoms with Gasteiger partial charge in [-0.3, -0.25) is 0 Å². The van der Waals surface area contributed by atoms with E-state index in [1.165, 1.54) is 6.33 Å². The average Bonchev–Trinajstić information content (AvgIpc) is 2.73. The molecule has 0 saturated heterocycles. The summed E-state index contributed by atoms with van der Waals surface area (Å²) in [6.45, 7) is 1.22. The van der Waals surface area contributed by atoms with E-state index in [-0.39, 0.29) is 0 Å². The van der Waals surface area contributed by atoms with Crippen molar-refractivity contribution in [1.29, 1.82) is 0 Å². The van der Waals surface area contributed by atoms with Gasteiger partial charge in [0.15, 0.2) is 11.5 Å². The van der Waals surface area contributed by atoms with Crippen LogP contribution in [0.3, 0.4) is 0 Å². The first-order chi connectivity index (χ1) is 13.7. The molecule has 7 heteroatoms. The number of aromatic nitrogens is 2. The zero-order valence-electron chi connectivity index (χ0n) is 15.4. The van der Waals surface area contributed by atoms with Crippen molar-refractivity contribution in [2.24, 2.45) is 0 Å². The van der Waals surface area contributed by atoms with Crippen molar-refractivity contribution in [3.8, 4) is 23.8 Å². The molecule has 1 aromatic heterocycles. The summed E-state index contributed by atoms with van der Waals surface area (Å²) in [5, 5.41) is 4.08. The second-order valence-electron chi connectivity index (χ2n) is 5.77. The lowest BCUT2D eigenvalue weighted by Crippen LogP contribution is -2.07. The average molecular weight is 398 g/mol. The highest BCUT2D eigenvalue weighted by Gasteiger charge is 2.13. The Balaban J connectivity index is 1.98. The summed E-state index contributed by atoms with van der Waals surface area (Å²) in [4.78, 5) is 8.72. The highest BCUT2D eigenvalue weighted by Crippen LogP contribution is 2.35. The Morgan fingerprint density at radius 1 is 1.07 bits per heavy atom. The third-order valence-corrected chi connectivity index (χ3v) is 4.03. The number of alkyl halides is 1. The summed E-state index contributed by atoms with van der Waals surface area (Å²) in [6.07, 6.45) is 6.98. The molecule has 0 unspecified atom stereocenters. The molecule has 144 valence electrons. The van der Waals surface area contributed by atoms with Crippen LogP contribution in [-0.4, -0.2) is 42.8 Å². The summed E-state index contributed by atoms with van der Waals surface area (Å²) in [6, 6.07) is 11.2. The molecular formula is C21H20ClN3O3. The number of hydrogen-bond acceptors (Lipinski definition) is 6. The molecule has 28 heavy (non-hydrogen) atoms. The predicted octanol–water partition coefficient (Wildman–Crippen LogP) is 4.00. The van der Waals surface area contributed by atoms with Gasteiger partial charge < -0.3 is 19.5 Å². The summed E-state index contributed by atoms with van der Waals surface area (Å²) < 4.78 is 16.6. The Kier molecular flexibility index (Phi) is 6.90. The van der Waals surface area contributed by atoms with Gasteiger partial charge in [-0.2, -0.15) is 0 Å². The molecule has 3 rings (SSSR count). The predicted molar refractivity (Wildman–Crippen MR) is 111 cm³/mol. The van der Waals surface area contributed by atoms with Crippen molar-refractivity contribution in [1.82, 2.24) is 9.97 Å². The molecule has 1 heterocycles. The van der Waals surface area contributed by atoms with Crippen molar-refractivity contribution in [2.75, 3.05) is 38.1 Å². The lowest BCUT2D eigenvalue weighted by Gasteiger charge is -2.15. The van der Waals surface area contributed by atoms with Crippen LogP contribution in [0, 0.1) is 12.3 Å².